The number of hydrogen-bond acceptors (Lipinski definition) is 3. The number of halogens is 1. The van der Waals surface area contributed by atoms with Crippen LogP contribution in [0.3, 0.4) is 0 Å². The highest BCUT2D eigenvalue weighted by atomic mass is 79.9. The first kappa shape index (κ1) is 12.3. The highest BCUT2D eigenvalue weighted by Crippen LogP contribution is 2.42. The maximum Gasteiger partial charge on any atom is 0.169 e. The lowest BCUT2D eigenvalue weighted by Crippen LogP contribution is -2.39. The van der Waals surface area contributed by atoms with Crippen LogP contribution in [0.15, 0.2) is 28.7 Å². The molecule has 1 aromatic rings. The summed E-state index contributed by atoms with van der Waals surface area (Å²) >= 11 is 3.52. The smallest absolute Gasteiger partial charge is 0.169 e. The number of ketones is 1. The second kappa shape index (κ2) is 4.76. The maximum atomic E-state index is 12.2. The van der Waals surface area contributed by atoms with E-state index in [2.05, 4.69) is 15.9 Å². The molecule has 1 aliphatic heterocycles. The van der Waals surface area contributed by atoms with Gasteiger partial charge >= 0.3 is 0 Å². The first-order valence-electron chi connectivity index (χ1n) is 6.25. The third-order valence-corrected chi connectivity index (χ3v) is 4.47. The van der Waals surface area contributed by atoms with Gasteiger partial charge in [-0.15, -0.1) is 0 Å². The molecule has 3 rings (SSSR count). The van der Waals surface area contributed by atoms with E-state index < -0.39 is 5.79 Å². The van der Waals surface area contributed by atoms with Crippen molar-refractivity contribution < 1.29 is 14.3 Å². The number of benzene rings is 1. The summed E-state index contributed by atoms with van der Waals surface area (Å²) in [5.41, 5.74) is 1.04. The summed E-state index contributed by atoms with van der Waals surface area (Å²) in [5.74, 6) is -0.354. The molecule has 4 heteroatoms. The van der Waals surface area contributed by atoms with Crippen LogP contribution in [0.5, 0.6) is 0 Å². The Labute approximate surface area is 115 Å². The molecule has 0 bridgehead atoms. The van der Waals surface area contributed by atoms with E-state index in [4.69, 9.17) is 9.47 Å². The molecule has 0 N–H and O–H groups in total. The van der Waals surface area contributed by atoms with Gasteiger partial charge in [0.1, 0.15) is 5.78 Å². The average molecular weight is 311 g/mol. The number of carbonyl (C=O) groups is 1. The van der Waals surface area contributed by atoms with Gasteiger partial charge in [0.2, 0.25) is 0 Å². The molecule has 1 aliphatic carbocycles. The molecule has 1 heterocycles. The van der Waals surface area contributed by atoms with Gasteiger partial charge in [-0.1, -0.05) is 34.1 Å². The average Bonchev–Trinajstić information content (AvgIpc) is 2.82. The molecule has 0 radical (unpaired) electrons. The van der Waals surface area contributed by atoms with Crippen molar-refractivity contribution in [2.75, 3.05) is 13.2 Å². The van der Waals surface area contributed by atoms with Crippen LogP contribution in [0.4, 0.5) is 0 Å². The maximum absolute atomic E-state index is 12.2. The van der Waals surface area contributed by atoms with E-state index in [1.54, 1.807) is 0 Å². The molecule has 1 atom stereocenters. The SMILES string of the molecule is O=C1CCC2(CC1c1ccccc1Br)OCCO2. The quantitative estimate of drug-likeness (QED) is 0.800. The molecule has 96 valence electrons. The lowest BCUT2D eigenvalue weighted by Gasteiger charge is -2.35. The Kier molecular flexibility index (Phi) is 3.26. The molecule has 1 saturated heterocycles. The molecular weight excluding hydrogens is 296 g/mol. The van der Waals surface area contributed by atoms with E-state index in [1.807, 2.05) is 24.3 Å². The summed E-state index contributed by atoms with van der Waals surface area (Å²) in [7, 11) is 0. The highest BCUT2D eigenvalue weighted by molar-refractivity contribution is 9.10. The third-order valence-electron chi connectivity index (χ3n) is 3.75. The van der Waals surface area contributed by atoms with Gasteiger partial charge in [0.15, 0.2) is 5.79 Å². The lowest BCUT2D eigenvalue weighted by molar-refractivity contribution is -0.183. The molecule has 0 amide bonds. The molecule has 18 heavy (non-hydrogen) atoms. The van der Waals surface area contributed by atoms with Crippen molar-refractivity contribution in [1.29, 1.82) is 0 Å². The molecular formula is C14H15BrO3. The fourth-order valence-electron chi connectivity index (χ4n) is 2.82. The second-order valence-electron chi connectivity index (χ2n) is 4.85. The third kappa shape index (κ3) is 2.13. The van der Waals surface area contributed by atoms with Crippen molar-refractivity contribution >= 4 is 21.7 Å². The standard InChI is InChI=1S/C14H15BrO3/c15-12-4-2-1-3-10(12)11-9-14(6-5-13(11)16)17-7-8-18-14/h1-4,11H,5-9H2. The number of rotatable bonds is 1. The minimum absolute atomic E-state index is 0.118. The fraction of sp³-hybridized carbons (Fsp3) is 0.500. The van der Waals surface area contributed by atoms with Crippen molar-refractivity contribution in [2.45, 2.75) is 31.0 Å². The molecule has 2 aliphatic rings. The zero-order valence-corrected chi connectivity index (χ0v) is 11.6. The zero-order chi connectivity index (χ0) is 12.6. The molecule has 1 aromatic carbocycles. The first-order chi connectivity index (χ1) is 8.70. The summed E-state index contributed by atoms with van der Waals surface area (Å²) in [6.45, 7) is 1.27. The van der Waals surface area contributed by atoms with Gasteiger partial charge in [0.25, 0.3) is 0 Å². The van der Waals surface area contributed by atoms with Gasteiger partial charge < -0.3 is 9.47 Å². The minimum Gasteiger partial charge on any atom is -0.347 e. The Morgan fingerprint density at radius 3 is 2.67 bits per heavy atom. The van der Waals surface area contributed by atoms with Crippen LogP contribution in [0.25, 0.3) is 0 Å². The van der Waals surface area contributed by atoms with Crippen molar-refractivity contribution in [3.8, 4) is 0 Å². The van der Waals surface area contributed by atoms with Gasteiger partial charge in [0, 0.05) is 29.7 Å². The van der Waals surface area contributed by atoms with E-state index in [0.29, 0.717) is 32.5 Å². The van der Waals surface area contributed by atoms with Gasteiger partial charge in [0.05, 0.1) is 13.2 Å². The van der Waals surface area contributed by atoms with Crippen LogP contribution < -0.4 is 0 Å². The van der Waals surface area contributed by atoms with Gasteiger partial charge in [-0.05, 0) is 11.6 Å². The van der Waals surface area contributed by atoms with E-state index in [9.17, 15) is 4.79 Å². The summed E-state index contributed by atoms with van der Waals surface area (Å²) in [6, 6.07) is 7.89. The summed E-state index contributed by atoms with van der Waals surface area (Å²) in [6.07, 6.45) is 1.85. The summed E-state index contributed by atoms with van der Waals surface area (Å²) in [5, 5.41) is 0. The topological polar surface area (TPSA) is 35.5 Å². The molecule has 1 saturated carbocycles. The second-order valence-corrected chi connectivity index (χ2v) is 5.71. The van der Waals surface area contributed by atoms with E-state index in [0.717, 1.165) is 10.0 Å². The van der Waals surface area contributed by atoms with Gasteiger partial charge in [-0.25, -0.2) is 0 Å². The molecule has 0 aromatic heterocycles. The van der Waals surface area contributed by atoms with Gasteiger partial charge in [-0.3, -0.25) is 4.79 Å². The minimum atomic E-state index is -0.520. The number of carbonyl (C=O) groups excluding carboxylic acids is 1. The van der Waals surface area contributed by atoms with Crippen molar-refractivity contribution in [2.24, 2.45) is 0 Å². The molecule has 3 nitrogen and oxygen atoms in total. The Balaban J connectivity index is 1.90. The van der Waals surface area contributed by atoms with Crippen LogP contribution in [0, 0.1) is 0 Å². The monoisotopic (exact) mass is 310 g/mol. The van der Waals surface area contributed by atoms with Crippen LogP contribution in [0.2, 0.25) is 0 Å². The normalized spacial score (nSPS) is 26.7. The molecule has 2 fully saturated rings. The zero-order valence-electron chi connectivity index (χ0n) is 10.0. The summed E-state index contributed by atoms with van der Waals surface area (Å²) < 4.78 is 12.4. The Bertz CT molecular complexity index is 466. The van der Waals surface area contributed by atoms with Crippen LogP contribution in [0.1, 0.15) is 30.7 Å². The van der Waals surface area contributed by atoms with E-state index >= 15 is 0 Å². The van der Waals surface area contributed by atoms with Crippen LogP contribution in [-0.4, -0.2) is 24.8 Å². The summed E-state index contributed by atoms with van der Waals surface area (Å²) in [4.78, 5) is 12.2. The largest absolute Gasteiger partial charge is 0.347 e. The predicted molar refractivity (Wildman–Crippen MR) is 70.4 cm³/mol. The Morgan fingerprint density at radius 2 is 1.94 bits per heavy atom. The number of ether oxygens (including phenoxy) is 2. The van der Waals surface area contributed by atoms with Crippen LogP contribution in [-0.2, 0) is 14.3 Å². The molecule has 1 spiro atoms. The van der Waals surface area contributed by atoms with E-state index in [1.165, 1.54) is 0 Å². The van der Waals surface area contributed by atoms with Crippen molar-refractivity contribution in [3.63, 3.8) is 0 Å². The van der Waals surface area contributed by atoms with Gasteiger partial charge in [-0.2, -0.15) is 0 Å². The predicted octanol–water partition coefficient (Wildman–Crippen LogP) is 3.03. The Hall–Kier alpha value is -0.710. The van der Waals surface area contributed by atoms with E-state index in [-0.39, 0.29) is 11.7 Å². The number of Topliss-reactive ketones (excluding diaryl/α,β-unsaturated/α-hetero) is 1. The number of hydrogen-bond donors (Lipinski definition) is 0. The first-order valence-corrected chi connectivity index (χ1v) is 7.05. The Morgan fingerprint density at radius 1 is 1.22 bits per heavy atom. The fourth-order valence-corrected chi connectivity index (χ4v) is 3.38. The van der Waals surface area contributed by atoms with Crippen molar-refractivity contribution in [3.05, 3.63) is 34.3 Å². The van der Waals surface area contributed by atoms with Crippen LogP contribution >= 0.6 is 15.9 Å². The highest BCUT2D eigenvalue weighted by Gasteiger charge is 2.45. The molecule has 1 unspecified atom stereocenters. The van der Waals surface area contributed by atoms with Crippen molar-refractivity contribution in [1.82, 2.24) is 0 Å². The lowest BCUT2D eigenvalue weighted by atomic mass is 9.79.